The Morgan fingerprint density at radius 3 is 1.25 bits per heavy atom. The lowest BCUT2D eigenvalue weighted by atomic mass is 10.0. The van der Waals surface area contributed by atoms with Crippen molar-refractivity contribution in [3.63, 3.8) is 0 Å². The van der Waals surface area contributed by atoms with Crippen molar-refractivity contribution >= 4 is 11.8 Å². The summed E-state index contributed by atoms with van der Waals surface area (Å²) in [6, 6.07) is 0. The lowest BCUT2D eigenvalue weighted by Crippen LogP contribution is -2.16. The monoisotopic (exact) mass is 228 g/mol. The van der Waals surface area contributed by atoms with E-state index in [1.54, 1.807) is 0 Å². The first-order chi connectivity index (χ1) is 7.29. The van der Waals surface area contributed by atoms with Crippen LogP contribution in [0.5, 0.6) is 23.0 Å². The van der Waals surface area contributed by atoms with Gasteiger partial charge in [0, 0.05) is 0 Å². The molecule has 1 aromatic carbocycles. The van der Waals surface area contributed by atoms with E-state index in [4.69, 9.17) is 16.6 Å². The van der Waals surface area contributed by atoms with Crippen LogP contribution in [0, 0.1) is 0 Å². The number of rotatable bonds is 2. The molecule has 0 aliphatic rings. The van der Waals surface area contributed by atoms with Crippen molar-refractivity contribution in [2.45, 2.75) is 0 Å². The molecule has 16 heavy (non-hydrogen) atoms. The van der Waals surface area contributed by atoms with Crippen LogP contribution in [0.3, 0.4) is 0 Å². The summed E-state index contributed by atoms with van der Waals surface area (Å²) in [6.45, 7) is 0. The molecule has 0 spiro atoms. The maximum absolute atomic E-state index is 10.8. The van der Waals surface area contributed by atoms with Gasteiger partial charge in [0.25, 0.3) is 11.8 Å². The molecule has 0 aliphatic carbocycles. The summed E-state index contributed by atoms with van der Waals surface area (Å²) in [4.78, 5) is 21.7. The van der Waals surface area contributed by atoms with Gasteiger partial charge in [0.15, 0.2) is 11.5 Å². The van der Waals surface area contributed by atoms with Crippen molar-refractivity contribution in [2.24, 2.45) is 11.5 Å². The van der Waals surface area contributed by atoms with Crippen molar-refractivity contribution in [2.75, 3.05) is 0 Å². The molecule has 86 valence electrons. The molecule has 8 N–H and O–H groups in total. The van der Waals surface area contributed by atoms with Crippen molar-refractivity contribution < 1.29 is 30.0 Å². The van der Waals surface area contributed by atoms with Gasteiger partial charge in [-0.05, 0) is 0 Å². The molecule has 0 fully saturated rings. The van der Waals surface area contributed by atoms with Gasteiger partial charge in [0.2, 0.25) is 5.75 Å². The lowest BCUT2D eigenvalue weighted by Gasteiger charge is -2.11. The van der Waals surface area contributed by atoms with Crippen LogP contribution < -0.4 is 11.5 Å². The number of amides is 2. The number of benzene rings is 1. The average molecular weight is 228 g/mol. The van der Waals surface area contributed by atoms with Crippen LogP contribution >= 0.6 is 0 Å². The van der Waals surface area contributed by atoms with Gasteiger partial charge in [-0.25, -0.2) is 0 Å². The molecule has 0 aromatic heterocycles. The molecule has 8 nitrogen and oxygen atoms in total. The predicted molar refractivity (Wildman–Crippen MR) is 50.1 cm³/mol. The van der Waals surface area contributed by atoms with Crippen LogP contribution in [0.1, 0.15) is 20.7 Å². The Kier molecular flexibility index (Phi) is 2.50. The summed E-state index contributed by atoms with van der Waals surface area (Å²) in [6.07, 6.45) is 0. The minimum absolute atomic E-state index is 0.899. The molecular weight excluding hydrogens is 220 g/mol. The molecule has 0 unspecified atom stereocenters. The summed E-state index contributed by atoms with van der Waals surface area (Å²) in [7, 11) is 0. The molecule has 2 amide bonds. The highest BCUT2D eigenvalue weighted by Gasteiger charge is 2.28. The molecule has 8 heteroatoms. The highest BCUT2D eigenvalue weighted by atomic mass is 16.3. The summed E-state index contributed by atoms with van der Waals surface area (Å²) in [5.41, 5.74) is 7.80. The van der Waals surface area contributed by atoms with Gasteiger partial charge >= 0.3 is 0 Å². The number of carbonyl (C=O) groups is 2. The van der Waals surface area contributed by atoms with E-state index >= 15 is 0 Å². The SMILES string of the molecule is NC(=O)c1c(O)c(O)c(O)c(C(N)=O)c1O. The van der Waals surface area contributed by atoms with E-state index < -0.39 is 45.9 Å². The summed E-state index contributed by atoms with van der Waals surface area (Å²) in [5.74, 6) is -7.12. The Labute approximate surface area is 88.3 Å². The maximum atomic E-state index is 10.8. The van der Waals surface area contributed by atoms with Crippen LogP contribution in [-0.4, -0.2) is 32.2 Å². The van der Waals surface area contributed by atoms with Crippen molar-refractivity contribution in [1.82, 2.24) is 0 Å². The molecule has 1 rings (SSSR count). The fourth-order valence-electron chi connectivity index (χ4n) is 1.17. The second-order valence-corrected chi connectivity index (χ2v) is 2.87. The first-order valence-corrected chi connectivity index (χ1v) is 3.88. The Morgan fingerprint density at radius 1 is 0.688 bits per heavy atom. The molecule has 1 aromatic rings. The summed E-state index contributed by atoms with van der Waals surface area (Å²) in [5, 5.41) is 37.0. The number of phenolic OH excluding ortho intramolecular Hbond substituents is 1. The van der Waals surface area contributed by atoms with Crippen LogP contribution in [-0.2, 0) is 0 Å². The van der Waals surface area contributed by atoms with E-state index in [1.165, 1.54) is 0 Å². The topological polar surface area (TPSA) is 167 Å². The van der Waals surface area contributed by atoms with Crippen LogP contribution in [0.25, 0.3) is 0 Å². The maximum Gasteiger partial charge on any atom is 0.256 e. The van der Waals surface area contributed by atoms with E-state index in [-0.39, 0.29) is 0 Å². The van der Waals surface area contributed by atoms with Gasteiger partial charge in [-0.1, -0.05) is 0 Å². The standard InChI is InChI=1S/C8H8N2O6/c9-7(15)1-3(11)2(8(10)16)5(13)6(14)4(1)12/h11-14H,(H2,9,15)(H2,10,16). The van der Waals surface area contributed by atoms with Crippen molar-refractivity contribution in [3.8, 4) is 23.0 Å². The van der Waals surface area contributed by atoms with Gasteiger partial charge < -0.3 is 31.9 Å². The third kappa shape index (κ3) is 1.41. The van der Waals surface area contributed by atoms with Crippen molar-refractivity contribution in [3.05, 3.63) is 11.1 Å². The van der Waals surface area contributed by atoms with Gasteiger partial charge in [-0.15, -0.1) is 0 Å². The first-order valence-electron chi connectivity index (χ1n) is 3.88. The van der Waals surface area contributed by atoms with E-state index in [0.29, 0.717) is 0 Å². The zero-order chi connectivity index (χ0) is 12.6. The second-order valence-electron chi connectivity index (χ2n) is 2.87. The minimum atomic E-state index is -1.30. The van der Waals surface area contributed by atoms with Gasteiger partial charge in [-0.3, -0.25) is 9.59 Å². The Bertz CT molecular complexity index is 455. The molecule has 0 saturated heterocycles. The van der Waals surface area contributed by atoms with Gasteiger partial charge in [0.1, 0.15) is 16.9 Å². The quantitative estimate of drug-likeness (QED) is 0.272. The third-order valence-electron chi connectivity index (χ3n) is 1.89. The number of aromatic hydroxyl groups is 4. The first kappa shape index (κ1) is 11.4. The fraction of sp³-hybridized carbons (Fsp3) is 0. The number of primary amides is 2. The lowest BCUT2D eigenvalue weighted by molar-refractivity contribution is 0.0991. The zero-order valence-electron chi connectivity index (χ0n) is 7.76. The Morgan fingerprint density at radius 2 is 1.00 bits per heavy atom. The van der Waals surface area contributed by atoms with Crippen LogP contribution in [0.2, 0.25) is 0 Å². The largest absolute Gasteiger partial charge is 0.506 e. The smallest absolute Gasteiger partial charge is 0.256 e. The average Bonchev–Trinajstić information content (AvgIpc) is 2.13. The van der Waals surface area contributed by atoms with E-state index in [0.717, 1.165) is 0 Å². The molecule has 0 aliphatic heterocycles. The van der Waals surface area contributed by atoms with Crippen LogP contribution in [0.15, 0.2) is 0 Å². The number of hydrogen-bond donors (Lipinski definition) is 6. The number of phenols is 4. The molecular formula is C8H8N2O6. The minimum Gasteiger partial charge on any atom is -0.506 e. The summed E-state index contributed by atoms with van der Waals surface area (Å²) >= 11 is 0. The molecule has 0 bridgehead atoms. The number of nitrogens with two attached hydrogens (primary N) is 2. The fourth-order valence-corrected chi connectivity index (χ4v) is 1.17. The predicted octanol–water partition coefficient (Wildman–Crippen LogP) is -1.29. The number of carbonyl (C=O) groups excluding carboxylic acids is 2. The highest BCUT2D eigenvalue weighted by Crippen LogP contribution is 2.45. The second kappa shape index (κ2) is 3.50. The van der Waals surface area contributed by atoms with Crippen molar-refractivity contribution in [1.29, 1.82) is 0 Å². The van der Waals surface area contributed by atoms with E-state index in [9.17, 15) is 24.9 Å². The normalized spacial score (nSPS) is 10.0. The molecule has 0 heterocycles. The Hall–Kier alpha value is -2.64. The summed E-state index contributed by atoms with van der Waals surface area (Å²) < 4.78 is 0. The highest BCUT2D eigenvalue weighted by molar-refractivity contribution is 6.07. The third-order valence-corrected chi connectivity index (χ3v) is 1.89. The molecule has 0 atom stereocenters. The number of hydrogen-bond acceptors (Lipinski definition) is 6. The van der Waals surface area contributed by atoms with Crippen LogP contribution in [0.4, 0.5) is 0 Å². The molecule has 0 radical (unpaired) electrons. The zero-order valence-corrected chi connectivity index (χ0v) is 7.76. The van der Waals surface area contributed by atoms with E-state index in [1.807, 2.05) is 0 Å². The Balaban J connectivity index is 3.80. The van der Waals surface area contributed by atoms with Gasteiger partial charge in [-0.2, -0.15) is 0 Å². The van der Waals surface area contributed by atoms with Gasteiger partial charge in [0.05, 0.1) is 0 Å². The molecule has 0 saturated carbocycles. The van der Waals surface area contributed by atoms with E-state index in [2.05, 4.69) is 0 Å².